The molecule has 0 aliphatic carbocycles. The maximum absolute atomic E-state index is 5.94. The number of rotatable bonds is 9. The van der Waals surface area contributed by atoms with E-state index in [2.05, 4.69) is 6.58 Å². The van der Waals surface area contributed by atoms with Crippen molar-refractivity contribution in [2.24, 2.45) is 5.73 Å². The Morgan fingerprint density at radius 2 is 2.11 bits per heavy atom. The fraction of sp³-hybridized carbons (Fsp3) is 0.500. The molecular weight excluding hydrogens is 238 g/mol. The van der Waals surface area contributed by atoms with Crippen molar-refractivity contribution < 1.29 is 9.47 Å². The summed E-state index contributed by atoms with van der Waals surface area (Å²) in [7, 11) is 1.65. The molecule has 0 fully saturated rings. The second-order valence-electron chi connectivity index (χ2n) is 4.68. The van der Waals surface area contributed by atoms with Crippen LogP contribution in [0.25, 0.3) is 0 Å². The molecular formula is C16H25NO2. The van der Waals surface area contributed by atoms with Crippen LogP contribution in [0.2, 0.25) is 0 Å². The molecule has 0 amide bonds. The molecule has 1 atom stereocenters. The molecule has 1 rings (SSSR count). The molecule has 3 heteroatoms. The van der Waals surface area contributed by atoms with Gasteiger partial charge in [-0.15, -0.1) is 6.58 Å². The van der Waals surface area contributed by atoms with Crippen molar-refractivity contribution in [3.63, 3.8) is 0 Å². The standard InChI is InChI=1S/C16H25NO2/c1-4-5-6-7-8-11-19-16-12-14(18-3)9-10-15(16)13(2)17/h4,9-10,12-13H,1,5-8,11,17H2,2-3H3/t13-/m0/s1. The predicted octanol–water partition coefficient (Wildman–Crippen LogP) is 3.84. The second-order valence-corrected chi connectivity index (χ2v) is 4.68. The Morgan fingerprint density at radius 3 is 2.74 bits per heavy atom. The molecule has 0 radical (unpaired) electrons. The van der Waals surface area contributed by atoms with E-state index in [0.29, 0.717) is 6.61 Å². The zero-order chi connectivity index (χ0) is 14.1. The zero-order valence-corrected chi connectivity index (χ0v) is 12.0. The van der Waals surface area contributed by atoms with Crippen LogP contribution in [0.5, 0.6) is 11.5 Å². The highest BCUT2D eigenvalue weighted by Gasteiger charge is 2.09. The van der Waals surface area contributed by atoms with Gasteiger partial charge in [-0.2, -0.15) is 0 Å². The van der Waals surface area contributed by atoms with Crippen LogP contribution in [0.15, 0.2) is 30.9 Å². The van der Waals surface area contributed by atoms with Crippen LogP contribution < -0.4 is 15.2 Å². The van der Waals surface area contributed by atoms with Crippen molar-refractivity contribution in [2.75, 3.05) is 13.7 Å². The summed E-state index contributed by atoms with van der Waals surface area (Å²) in [5.41, 5.74) is 6.96. The van der Waals surface area contributed by atoms with Crippen LogP contribution in [0.1, 0.15) is 44.2 Å². The van der Waals surface area contributed by atoms with Gasteiger partial charge in [-0.1, -0.05) is 12.1 Å². The first-order chi connectivity index (χ1) is 9.19. The number of allylic oxidation sites excluding steroid dienone is 1. The summed E-state index contributed by atoms with van der Waals surface area (Å²) in [6.07, 6.45) is 6.40. The van der Waals surface area contributed by atoms with E-state index >= 15 is 0 Å². The van der Waals surface area contributed by atoms with E-state index in [4.69, 9.17) is 15.2 Å². The normalized spacial score (nSPS) is 11.9. The highest BCUT2D eigenvalue weighted by molar-refractivity contribution is 5.42. The van der Waals surface area contributed by atoms with Crippen molar-refractivity contribution in [1.82, 2.24) is 0 Å². The molecule has 0 heterocycles. The lowest BCUT2D eigenvalue weighted by molar-refractivity contribution is 0.299. The number of hydrogen-bond acceptors (Lipinski definition) is 3. The summed E-state index contributed by atoms with van der Waals surface area (Å²) < 4.78 is 11.1. The van der Waals surface area contributed by atoms with Gasteiger partial charge in [-0.05, 0) is 38.7 Å². The largest absolute Gasteiger partial charge is 0.497 e. The van der Waals surface area contributed by atoms with Crippen LogP contribution in [0, 0.1) is 0 Å². The number of methoxy groups -OCH3 is 1. The van der Waals surface area contributed by atoms with Gasteiger partial charge in [0, 0.05) is 17.7 Å². The molecule has 0 spiro atoms. The minimum atomic E-state index is -0.0401. The Labute approximate surface area is 116 Å². The lowest BCUT2D eigenvalue weighted by Crippen LogP contribution is -2.09. The second kappa shape index (κ2) is 8.59. The van der Waals surface area contributed by atoms with Gasteiger partial charge in [0.15, 0.2) is 0 Å². The van der Waals surface area contributed by atoms with Crippen molar-refractivity contribution in [2.45, 2.75) is 38.6 Å². The SMILES string of the molecule is C=CCCCCCOc1cc(OC)ccc1[C@H](C)N. The van der Waals surface area contributed by atoms with Gasteiger partial charge >= 0.3 is 0 Å². The highest BCUT2D eigenvalue weighted by atomic mass is 16.5. The third-order valence-electron chi connectivity index (χ3n) is 3.02. The predicted molar refractivity (Wildman–Crippen MR) is 79.8 cm³/mol. The summed E-state index contributed by atoms with van der Waals surface area (Å²) in [5, 5.41) is 0. The summed E-state index contributed by atoms with van der Waals surface area (Å²) >= 11 is 0. The Bertz CT molecular complexity index is 388. The smallest absolute Gasteiger partial charge is 0.127 e. The topological polar surface area (TPSA) is 44.5 Å². The molecule has 0 aliphatic rings. The monoisotopic (exact) mass is 263 g/mol. The number of unbranched alkanes of at least 4 members (excludes halogenated alkanes) is 3. The molecule has 0 aliphatic heterocycles. The van der Waals surface area contributed by atoms with E-state index in [0.717, 1.165) is 36.3 Å². The van der Waals surface area contributed by atoms with Gasteiger partial charge in [0.05, 0.1) is 13.7 Å². The molecule has 0 bridgehead atoms. The van der Waals surface area contributed by atoms with E-state index < -0.39 is 0 Å². The number of nitrogens with two attached hydrogens (primary N) is 1. The molecule has 106 valence electrons. The van der Waals surface area contributed by atoms with Gasteiger partial charge in [0.25, 0.3) is 0 Å². The first-order valence-corrected chi connectivity index (χ1v) is 6.86. The molecule has 0 unspecified atom stereocenters. The van der Waals surface area contributed by atoms with Crippen LogP contribution in [-0.2, 0) is 0 Å². The quantitative estimate of drug-likeness (QED) is 0.544. The third kappa shape index (κ3) is 5.35. The lowest BCUT2D eigenvalue weighted by Gasteiger charge is -2.15. The summed E-state index contributed by atoms with van der Waals surface area (Å²) in [5.74, 6) is 1.63. The Balaban J connectivity index is 2.52. The van der Waals surface area contributed by atoms with Gasteiger partial charge in [0.1, 0.15) is 11.5 Å². The first-order valence-electron chi connectivity index (χ1n) is 6.86. The van der Waals surface area contributed by atoms with Crippen LogP contribution in [0.4, 0.5) is 0 Å². The molecule has 0 saturated heterocycles. The van der Waals surface area contributed by atoms with Gasteiger partial charge in [0.2, 0.25) is 0 Å². The van der Waals surface area contributed by atoms with Crippen LogP contribution in [0.3, 0.4) is 0 Å². The Morgan fingerprint density at radius 1 is 1.32 bits per heavy atom. The molecule has 1 aromatic rings. The minimum absolute atomic E-state index is 0.0401. The fourth-order valence-corrected chi connectivity index (χ4v) is 1.89. The highest BCUT2D eigenvalue weighted by Crippen LogP contribution is 2.28. The van der Waals surface area contributed by atoms with Gasteiger partial charge < -0.3 is 15.2 Å². The van der Waals surface area contributed by atoms with E-state index in [-0.39, 0.29) is 6.04 Å². The zero-order valence-electron chi connectivity index (χ0n) is 12.0. The van der Waals surface area contributed by atoms with Crippen LogP contribution >= 0.6 is 0 Å². The maximum atomic E-state index is 5.94. The summed E-state index contributed by atoms with van der Waals surface area (Å²) in [6, 6.07) is 5.75. The summed E-state index contributed by atoms with van der Waals surface area (Å²) in [4.78, 5) is 0. The van der Waals surface area contributed by atoms with Gasteiger partial charge in [-0.3, -0.25) is 0 Å². The molecule has 2 N–H and O–H groups in total. The molecule has 19 heavy (non-hydrogen) atoms. The first kappa shape index (κ1) is 15.6. The molecule has 0 aromatic heterocycles. The molecule has 0 saturated carbocycles. The Kier molecular flexibility index (Phi) is 7.04. The number of benzene rings is 1. The number of hydrogen-bond donors (Lipinski definition) is 1. The van der Waals surface area contributed by atoms with E-state index in [9.17, 15) is 0 Å². The van der Waals surface area contributed by atoms with Crippen molar-refractivity contribution in [1.29, 1.82) is 0 Å². The average molecular weight is 263 g/mol. The molecule has 1 aromatic carbocycles. The Hall–Kier alpha value is -1.48. The summed E-state index contributed by atoms with van der Waals surface area (Å²) in [6.45, 7) is 6.39. The van der Waals surface area contributed by atoms with Crippen molar-refractivity contribution >= 4 is 0 Å². The van der Waals surface area contributed by atoms with Gasteiger partial charge in [-0.25, -0.2) is 0 Å². The van der Waals surface area contributed by atoms with Crippen molar-refractivity contribution in [3.8, 4) is 11.5 Å². The maximum Gasteiger partial charge on any atom is 0.127 e. The fourth-order valence-electron chi connectivity index (χ4n) is 1.89. The lowest BCUT2D eigenvalue weighted by atomic mass is 10.1. The van der Waals surface area contributed by atoms with Crippen molar-refractivity contribution in [3.05, 3.63) is 36.4 Å². The van der Waals surface area contributed by atoms with Crippen LogP contribution in [-0.4, -0.2) is 13.7 Å². The third-order valence-corrected chi connectivity index (χ3v) is 3.02. The molecule has 3 nitrogen and oxygen atoms in total. The number of ether oxygens (including phenoxy) is 2. The minimum Gasteiger partial charge on any atom is -0.497 e. The van der Waals surface area contributed by atoms with E-state index in [1.165, 1.54) is 6.42 Å². The van der Waals surface area contributed by atoms with E-state index in [1.807, 2.05) is 31.2 Å². The van der Waals surface area contributed by atoms with E-state index in [1.54, 1.807) is 7.11 Å². The average Bonchev–Trinajstić information content (AvgIpc) is 2.42.